The highest BCUT2D eigenvalue weighted by molar-refractivity contribution is 6.04. The molecule has 0 bridgehead atoms. The Morgan fingerprint density at radius 2 is 2.06 bits per heavy atom. The molecule has 1 fully saturated rings. The van der Waals surface area contributed by atoms with Gasteiger partial charge in [0.1, 0.15) is 0 Å². The second-order valence-corrected chi connectivity index (χ2v) is 8.44. The number of aromatic amines is 1. The zero-order valence-electron chi connectivity index (χ0n) is 18.2. The maximum Gasteiger partial charge on any atom is 0.259 e. The van der Waals surface area contributed by atoms with Crippen molar-refractivity contribution in [3.05, 3.63) is 52.1 Å². The summed E-state index contributed by atoms with van der Waals surface area (Å²) in [5, 5.41) is 6.22. The topological polar surface area (TPSA) is 82.0 Å². The number of aryl methyl sites for hydroxylation is 2. The Balaban J connectivity index is 1.74. The monoisotopic (exact) mass is 418 g/mol. The average Bonchev–Trinajstić information content (AvgIpc) is 3.19. The smallest absolute Gasteiger partial charge is 0.259 e. The molecule has 0 aliphatic carbocycles. The van der Waals surface area contributed by atoms with E-state index in [2.05, 4.69) is 34.1 Å². The van der Waals surface area contributed by atoms with Crippen LogP contribution in [-0.2, 0) is 4.74 Å². The van der Waals surface area contributed by atoms with Gasteiger partial charge in [-0.2, -0.15) is 5.10 Å². The largest absolute Gasteiger partial charge is 0.481 e. The third-order valence-electron chi connectivity index (χ3n) is 6.27. The van der Waals surface area contributed by atoms with E-state index in [0.29, 0.717) is 30.4 Å². The van der Waals surface area contributed by atoms with Crippen LogP contribution in [0, 0.1) is 19.8 Å². The lowest BCUT2D eigenvalue weighted by Crippen LogP contribution is -2.28. The number of aromatic nitrogens is 4. The Bertz CT molecular complexity index is 1350. The van der Waals surface area contributed by atoms with E-state index in [1.54, 1.807) is 13.3 Å². The predicted octanol–water partition coefficient (Wildman–Crippen LogP) is 4.16. The Hall–Kier alpha value is -3.19. The number of rotatable bonds is 3. The fourth-order valence-corrected chi connectivity index (χ4v) is 4.78. The van der Waals surface area contributed by atoms with Gasteiger partial charge >= 0.3 is 0 Å². The fraction of sp³-hybridized carbons (Fsp3) is 0.375. The van der Waals surface area contributed by atoms with Crippen molar-refractivity contribution in [2.75, 3.05) is 20.3 Å². The van der Waals surface area contributed by atoms with E-state index in [9.17, 15) is 4.79 Å². The van der Waals surface area contributed by atoms with Gasteiger partial charge in [-0.1, -0.05) is 19.1 Å². The summed E-state index contributed by atoms with van der Waals surface area (Å²) < 4.78 is 13.2. The highest BCUT2D eigenvalue weighted by Crippen LogP contribution is 2.36. The van der Waals surface area contributed by atoms with Crippen molar-refractivity contribution in [2.45, 2.75) is 33.2 Å². The Morgan fingerprint density at radius 3 is 2.84 bits per heavy atom. The molecule has 0 radical (unpaired) electrons. The highest BCUT2D eigenvalue weighted by atomic mass is 16.5. The lowest BCUT2D eigenvalue weighted by atomic mass is 9.97. The summed E-state index contributed by atoms with van der Waals surface area (Å²) in [6.07, 6.45) is 2.57. The Morgan fingerprint density at radius 1 is 1.23 bits per heavy atom. The minimum absolute atomic E-state index is 0.128. The first-order chi connectivity index (χ1) is 15.0. The third-order valence-corrected chi connectivity index (χ3v) is 6.27. The number of ether oxygens (including phenoxy) is 2. The van der Waals surface area contributed by atoms with Crippen molar-refractivity contribution in [2.24, 2.45) is 5.92 Å². The van der Waals surface area contributed by atoms with Crippen LogP contribution in [0.15, 0.2) is 35.3 Å². The van der Waals surface area contributed by atoms with Crippen LogP contribution in [0.5, 0.6) is 5.88 Å². The molecule has 160 valence electrons. The first-order valence-corrected chi connectivity index (χ1v) is 10.6. The van der Waals surface area contributed by atoms with Gasteiger partial charge in [0.15, 0.2) is 0 Å². The van der Waals surface area contributed by atoms with E-state index in [-0.39, 0.29) is 11.6 Å². The van der Waals surface area contributed by atoms with Crippen LogP contribution in [0.1, 0.15) is 30.6 Å². The molecular formula is C24H26N4O3. The summed E-state index contributed by atoms with van der Waals surface area (Å²) in [6.45, 7) is 7.58. The van der Waals surface area contributed by atoms with Gasteiger partial charge in [-0.15, -0.1) is 0 Å². The van der Waals surface area contributed by atoms with Crippen molar-refractivity contribution in [1.82, 2.24) is 19.7 Å². The van der Waals surface area contributed by atoms with E-state index in [1.807, 2.05) is 30.7 Å². The molecule has 0 spiro atoms. The molecule has 1 aromatic carbocycles. The van der Waals surface area contributed by atoms with Gasteiger partial charge in [-0.3, -0.25) is 9.48 Å². The molecule has 2 atom stereocenters. The molecule has 0 unspecified atom stereocenters. The molecule has 0 amide bonds. The number of hydrogen-bond donors (Lipinski definition) is 1. The van der Waals surface area contributed by atoms with Crippen LogP contribution < -0.4 is 10.3 Å². The molecule has 1 aliphatic rings. The maximum atomic E-state index is 12.9. The molecule has 1 saturated heterocycles. The number of pyridine rings is 2. The second kappa shape index (κ2) is 7.50. The zero-order valence-corrected chi connectivity index (χ0v) is 18.2. The minimum Gasteiger partial charge on any atom is -0.481 e. The maximum absolute atomic E-state index is 12.9. The van der Waals surface area contributed by atoms with Gasteiger partial charge in [0.25, 0.3) is 5.56 Å². The molecule has 4 aromatic rings. The van der Waals surface area contributed by atoms with Crippen molar-refractivity contribution < 1.29 is 9.47 Å². The van der Waals surface area contributed by atoms with Crippen molar-refractivity contribution in [1.29, 1.82) is 0 Å². The van der Waals surface area contributed by atoms with Crippen LogP contribution in [0.2, 0.25) is 0 Å². The van der Waals surface area contributed by atoms with E-state index >= 15 is 0 Å². The number of methoxy groups -OCH3 is 1. The Labute approximate surface area is 180 Å². The number of fused-ring (bicyclic) bond motifs is 3. The first-order valence-electron chi connectivity index (χ1n) is 10.6. The lowest BCUT2D eigenvalue weighted by Gasteiger charge is -2.29. The van der Waals surface area contributed by atoms with Crippen LogP contribution in [-0.4, -0.2) is 40.1 Å². The molecule has 7 heteroatoms. The second-order valence-electron chi connectivity index (χ2n) is 8.44. The number of nitrogens with one attached hydrogen (secondary N) is 1. The average molecular weight is 418 g/mol. The normalized spacial score (nSPS) is 19.2. The van der Waals surface area contributed by atoms with E-state index in [1.165, 1.54) is 0 Å². The third kappa shape index (κ3) is 3.20. The number of nitrogens with zero attached hydrogens (tertiary/aromatic N) is 3. The quantitative estimate of drug-likeness (QED) is 0.540. The van der Waals surface area contributed by atoms with Gasteiger partial charge in [-0.05, 0) is 43.5 Å². The molecular weight excluding hydrogens is 392 g/mol. The van der Waals surface area contributed by atoms with Crippen LogP contribution >= 0.6 is 0 Å². The summed E-state index contributed by atoms with van der Waals surface area (Å²) in [5.41, 5.74) is 5.40. The van der Waals surface area contributed by atoms with Crippen molar-refractivity contribution in [3.8, 4) is 17.0 Å². The van der Waals surface area contributed by atoms with Crippen LogP contribution in [0.3, 0.4) is 0 Å². The zero-order chi connectivity index (χ0) is 21.7. The lowest BCUT2D eigenvalue weighted by molar-refractivity contribution is 0.0264. The van der Waals surface area contributed by atoms with Gasteiger partial charge in [0.2, 0.25) is 5.88 Å². The van der Waals surface area contributed by atoms with E-state index in [0.717, 1.165) is 45.2 Å². The molecule has 31 heavy (non-hydrogen) atoms. The SMILES string of the molecule is COc1nc(C)cc(C)c1-c1ccc2c(c1)[nH]c(=O)c1cnn([C@H]3CCOC[C@@H]3C)c12. The van der Waals surface area contributed by atoms with Gasteiger partial charge < -0.3 is 14.5 Å². The predicted molar refractivity (Wildman–Crippen MR) is 121 cm³/mol. The molecule has 5 rings (SSSR count). The molecule has 1 aliphatic heterocycles. The molecule has 1 N–H and O–H groups in total. The van der Waals surface area contributed by atoms with Crippen molar-refractivity contribution >= 4 is 21.8 Å². The molecule has 0 saturated carbocycles. The van der Waals surface area contributed by atoms with Gasteiger partial charge in [0, 0.05) is 29.2 Å². The minimum atomic E-state index is -0.128. The number of H-pyrrole nitrogens is 1. The standard InChI is InChI=1S/C24H26N4O3/c1-13-9-15(3)26-24(30-4)21(13)16-5-6-17-19(10-16)27-23(29)18-11-25-28(22(17)18)20-7-8-31-12-14(20)2/h5-6,9-11,14,20H,7-8,12H2,1-4H3,(H,27,29)/t14-,20-/m0/s1. The van der Waals surface area contributed by atoms with E-state index in [4.69, 9.17) is 9.47 Å². The number of hydrogen-bond acceptors (Lipinski definition) is 5. The van der Waals surface area contributed by atoms with E-state index < -0.39 is 0 Å². The highest BCUT2D eigenvalue weighted by Gasteiger charge is 2.27. The summed E-state index contributed by atoms with van der Waals surface area (Å²) in [7, 11) is 1.63. The molecule has 3 aromatic heterocycles. The number of benzene rings is 1. The van der Waals surface area contributed by atoms with Crippen LogP contribution in [0.4, 0.5) is 0 Å². The van der Waals surface area contributed by atoms with Crippen LogP contribution in [0.25, 0.3) is 32.9 Å². The summed E-state index contributed by atoms with van der Waals surface area (Å²) in [4.78, 5) is 20.5. The van der Waals surface area contributed by atoms with Crippen molar-refractivity contribution in [3.63, 3.8) is 0 Å². The summed E-state index contributed by atoms with van der Waals surface area (Å²) in [5.74, 6) is 0.914. The van der Waals surface area contributed by atoms with Gasteiger partial charge in [0.05, 0.1) is 42.4 Å². The summed E-state index contributed by atoms with van der Waals surface area (Å²) >= 11 is 0. The first kappa shape index (κ1) is 19.8. The Kier molecular flexibility index (Phi) is 4.78. The molecule has 4 heterocycles. The molecule has 7 nitrogen and oxygen atoms in total. The summed E-state index contributed by atoms with van der Waals surface area (Å²) in [6, 6.07) is 8.37. The fourth-order valence-electron chi connectivity index (χ4n) is 4.78. The van der Waals surface area contributed by atoms with Gasteiger partial charge in [-0.25, -0.2) is 4.98 Å².